The normalized spacial score (nSPS) is 14.4. The van der Waals surface area contributed by atoms with Gasteiger partial charge in [0.2, 0.25) is 0 Å². The maximum atomic E-state index is 5.39. The lowest BCUT2D eigenvalue weighted by atomic mass is 9.98. The van der Waals surface area contributed by atoms with Crippen molar-refractivity contribution in [3.63, 3.8) is 0 Å². The largest absolute Gasteiger partial charge is 0.360 e. The first-order valence-electron chi connectivity index (χ1n) is 6.84. The zero-order valence-corrected chi connectivity index (χ0v) is 12.3. The average Bonchev–Trinajstić information content (AvgIpc) is 3.13. The standard InChI is InChI=1S/C15H22N2S/c1-4-11-7-6-10(3)13(5-2)14(11)17-15(18)16-12-8-9-12/h6-7,12H,4-5,8-9H2,1-3H3,(H2,16,17,18). The van der Waals surface area contributed by atoms with Gasteiger partial charge >= 0.3 is 0 Å². The molecule has 1 aliphatic rings. The highest BCUT2D eigenvalue weighted by Gasteiger charge is 2.22. The molecule has 1 aromatic carbocycles. The fourth-order valence-electron chi connectivity index (χ4n) is 2.27. The SMILES string of the molecule is CCc1ccc(C)c(CC)c1NC(=S)NC1CC1. The van der Waals surface area contributed by atoms with Crippen LogP contribution in [0, 0.1) is 6.92 Å². The number of hydrogen-bond acceptors (Lipinski definition) is 1. The highest BCUT2D eigenvalue weighted by molar-refractivity contribution is 7.80. The zero-order chi connectivity index (χ0) is 13.1. The molecule has 0 unspecified atom stereocenters. The minimum Gasteiger partial charge on any atom is -0.360 e. The van der Waals surface area contributed by atoms with Gasteiger partial charge in [-0.15, -0.1) is 0 Å². The molecule has 0 radical (unpaired) electrons. The summed E-state index contributed by atoms with van der Waals surface area (Å²) in [5.41, 5.74) is 5.29. The van der Waals surface area contributed by atoms with E-state index in [1.807, 2.05) is 0 Å². The smallest absolute Gasteiger partial charge is 0.171 e. The molecule has 1 aromatic rings. The van der Waals surface area contributed by atoms with Gasteiger partial charge in [0.1, 0.15) is 0 Å². The Balaban J connectivity index is 2.22. The summed E-state index contributed by atoms with van der Waals surface area (Å²) >= 11 is 5.39. The Morgan fingerprint density at radius 2 is 2.00 bits per heavy atom. The van der Waals surface area contributed by atoms with Gasteiger partial charge in [-0.05, 0) is 61.5 Å². The average molecular weight is 262 g/mol. The van der Waals surface area contributed by atoms with Gasteiger partial charge in [-0.2, -0.15) is 0 Å². The summed E-state index contributed by atoms with van der Waals surface area (Å²) in [6, 6.07) is 5.02. The maximum Gasteiger partial charge on any atom is 0.171 e. The second kappa shape index (κ2) is 5.70. The first-order chi connectivity index (χ1) is 8.65. The molecule has 0 bridgehead atoms. The number of aryl methyl sites for hydroxylation is 2. The number of nitrogens with one attached hydrogen (secondary N) is 2. The highest BCUT2D eigenvalue weighted by atomic mass is 32.1. The van der Waals surface area contributed by atoms with Crippen LogP contribution in [0.15, 0.2) is 12.1 Å². The lowest BCUT2D eigenvalue weighted by molar-refractivity contribution is 0.917. The van der Waals surface area contributed by atoms with Crippen LogP contribution < -0.4 is 10.6 Å². The van der Waals surface area contributed by atoms with Crippen LogP contribution in [0.5, 0.6) is 0 Å². The zero-order valence-electron chi connectivity index (χ0n) is 11.5. The molecular weight excluding hydrogens is 240 g/mol. The van der Waals surface area contributed by atoms with Crippen molar-refractivity contribution in [2.45, 2.75) is 52.5 Å². The fourth-order valence-corrected chi connectivity index (χ4v) is 2.54. The van der Waals surface area contributed by atoms with Gasteiger partial charge in [-0.3, -0.25) is 0 Å². The molecule has 98 valence electrons. The first-order valence-corrected chi connectivity index (χ1v) is 7.25. The van der Waals surface area contributed by atoms with E-state index >= 15 is 0 Å². The number of rotatable bonds is 4. The summed E-state index contributed by atoms with van der Waals surface area (Å²) in [4.78, 5) is 0. The van der Waals surface area contributed by atoms with E-state index in [1.54, 1.807) is 0 Å². The monoisotopic (exact) mass is 262 g/mol. The number of anilines is 1. The van der Waals surface area contributed by atoms with E-state index < -0.39 is 0 Å². The molecular formula is C15H22N2S. The molecule has 0 aromatic heterocycles. The van der Waals surface area contributed by atoms with Gasteiger partial charge in [0.25, 0.3) is 0 Å². The molecule has 0 amide bonds. The molecule has 1 saturated carbocycles. The quantitative estimate of drug-likeness (QED) is 0.811. The summed E-state index contributed by atoms with van der Waals surface area (Å²) in [6.07, 6.45) is 4.56. The number of thiocarbonyl (C=S) groups is 1. The van der Waals surface area contributed by atoms with Crippen LogP contribution in [0.25, 0.3) is 0 Å². The van der Waals surface area contributed by atoms with Crippen molar-refractivity contribution in [2.75, 3.05) is 5.32 Å². The topological polar surface area (TPSA) is 24.1 Å². The van der Waals surface area contributed by atoms with Crippen LogP contribution in [0.2, 0.25) is 0 Å². The molecule has 0 heterocycles. The molecule has 1 fully saturated rings. The second-order valence-electron chi connectivity index (χ2n) is 4.97. The van der Waals surface area contributed by atoms with E-state index in [4.69, 9.17) is 12.2 Å². The van der Waals surface area contributed by atoms with Crippen molar-refractivity contribution < 1.29 is 0 Å². The predicted octanol–water partition coefficient (Wildman–Crippen LogP) is 3.57. The van der Waals surface area contributed by atoms with Gasteiger partial charge in [-0.1, -0.05) is 26.0 Å². The van der Waals surface area contributed by atoms with E-state index in [0.717, 1.165) is 18.0 Å². The lowest BCUT2D eigenvalue weighted by Gasteiger charge is -2.18. The Kier molecular flexibility index (Phi) is 4.23. The van der Waals surface area contributed by atoms with Crippen LogP contribution >= 0.6 is 12.2 Å². The molecule has 0 saturated heterocycles. The molecule has 0 atom stereocenters. The number of hydrogen-bond donors (Lipinski definition) is 2. The van der Waals surface area contributed by atoms with Crippen molar-refractivity contribution >= 4 is 23.0 Å². The lowest BCUT2D eigenvalue weighted by Crippen LogP contribution is -2.31. The van der Waals surface area contributed by atoms with Crippen LogP contribution in [-0.4, -0.2) is 11.2 Å². The van der Waals surface area contributed by atoms with E-state index in [1.165, 1.54) is 35.2 Å². The van der Waals surface area contributed by atoms with Gasteiger partial charge < -0.3 is 10.6 Å². The van der Waals surface area contributed by atoms with Gasteiger partial charge in [0, 0.05) is 11.7 Å². The van der Waals surface area contributed by atoms with Crippen LogP contribution in [-0.2, 0) is 12.8 Å². The highest BCUT2D eigenvalue weighted by Crippen LogP contribution is 2.26. The van der Waals surface area contributed by atoms with Crippen molar-refractivity contribution in [1.29, 1.82) is 0 Å². The molecule has 1 aliphatic carbocycles. The Morgan fingerprint density at radius 3 is 2.56 bits per heavy atom. The van der Waals surface area contributed by atoms with E-state index in [0.29, 0.717) is 6.04 Å². The Morgan fingerprint density at radius 1 is 1.28 bits per heavy atom. The Hall–Kier alpha value is -1.09. The molecule has 0 spiro atoms. The van der Waals surface area contributed by atoms with Crippen molar-refractivity contribution in [2.24, 2.45) is 0 Å². The first kappa shape index (κ1) is 13.3. The van der Waals surface area contributed by atoms with Crippen molar-refractivity contribution in [3.8, 4) is 0 Å². The summed E-state index contributed by atoms with van der Waals surface area (Å²) < 4.78 is 0. The van der Waals surface area contributed by atoms with Gasteiger partial charge in [0.05, 0.1) is 0 Å². The summed E-state index contributed by atoms with van der Waals surface area (Å²) in [5, 5.41) is 7.53. The molecule has 0 aliphatic heterocycles. The number of benzene rings is 1. The molecule has 2 rings (SSSR count). The van der Waals surface area contributed by atoms with Crippen LogP contribution in [0.1, 0.15) is 43.4 Å². The van der Waals surface area contributed by atoms with Crippen LogP contribution in [0.4, 0.5) is 5.69 Å². The summed E-state index contributed by atoms with van der Waals surface area (Å²) in [7, 11) is 0. The third kappa shape index (κ3) is 3.02. The van der Waals surface area contributed by atoms with Crippen molar-refractivity contribution in [3.05, 3.63) is 28.8 Å². The van der Waals surface area contributed by atoms with Crippen molar-refractivity contribution in [1.82, 2.24) is 5.32 Å². The third-order valence-electron chi connectivity index (χ3n) is 3.52. The minimum absolute atomic E-state index is 0.602. The third-order valence-corrected chi connectivity index (χ3v) is 3.74. The van der Waals surface area contributed by atoms with Crippen LogP contribution in [0.3, 0.4) is 0 Å². The molecule has 2 N–H and O–H groups in total. The Labute approximate surface area is 115 Å². The fraction of sp³-hybridized carbons (Fsp3) is 0.533. The summed E-state index contributed by atoms with van der Waals surface area (Å²) in [5.74, 6) is 0. The summed E-state index contributed by atoms with van der Waals surface area (Å²) in [6.45, 7) is 6.55. The minimum atomic E-state index is 0.602. The second-order valence-corrected chi connectivity index (χ2v) is 5.38. The predicted molar refractivity (Wildman–Crippen MR) is 82.3 cm³/mol. The van der Waals surface area contributed by atoms with Gasteiger partial charge in [0.15, 0.2) is 5.11 Å². The van der Waals surface area contributed by atoms with E-state index in [2.05, 4.69) is 43.5 Å². The molecule has 2 nitrogen and oxygen atoms in total. The van der Waals surface area contributed by atoms with E-state index in [-0.39, 0.29) is 0 Å². The van der Waals surface area contributed by atoms with Gasteiger partial charge in [-0.25, -0.2) is 0 Å². The molecule has 3 heteroatoms. The molecule has 18 heavy (non-hydrogen) atoms. The van der Waals surface area contributed by atoms with E-state index in [9.17, 15) is 0 Å². The maximum absolute atomic E-state index is 5.39. The Bertz CT molecular complexity index is 450.